The first kappa shape index (κ1) is 14.3. The Labute approximate surface area is 112 Å². The van der Waals surface area contributed by atoms with E-state index in [4.69, 9.17) is 9.47 Å². The minimum atomic E-state index is -0.0271. The van der Waals surface area contributed by atoms with Crippen molar-refractivity contribution in [1.29, 1.82) is 0 Å². The Balaban J connectivity index is 1.78. The SMILES string of the molecule is CC(C)(C)OCCC1(CNC2CC2)CCCOC1. The van der Waals surface area contributed by atoms with Gasteiger partial charge in [0.2, 0.25) is 0 Å². The molecule has 1 heterocycles. The van der Waals surface area contributed by atoms with Gasteiger partial charge in [-0.05, 0) is 52.9 Å². The van der Waals surface area contributed by atoms with Crippen LogP contribution in [0, 0.1) is 5.41 Å². The van der Waals surface area contributed by atoms with Gasteiger partial charge in [-0.3, -0.25) is 0 Å². The van der Waals surface area contributed by atoms with E-state index < -0.39 is 0 Å². The largest absolute Gasteiger partial charge is 0.381 e. The summed E-state index contributed by atoms with van der Waals surface area (Å²) in [6.45, 7) is 10.2. The molecule has 0 aromatic carbocycles. The number of rotatable bonds is 6. The third kappa shape index (κ3) is 4.87. The molecule has 0 aromatic heterocycles. The summed E-state index contributed by atoms with van der Waals surface area (Å²) >= 11 is 0. The van der Waals surface area contributed by atoms with Crippen LogP contribution in [0.5, 0.6) is 0 Å². The first-order valence-corrected chi connectivity index (χ1v) is 7.44. The van der Waals surface area contributed by atoms with Crippen molar-refractivity contribution in [3.05, 3.63) is 0 Å². The van der Waals surface area contributed by atoms with E-state index in [0.29, 0.717) is 5.41 Å². The number of hydrogen-bond acceptors (Lipinski definition) is 3. The number of nitrogens with one attached hydrogen (secondary N) is 1. The fourth-order valence-corrected chi connectivity index (χ4v) is 2.56. The highest BCUT2D eigenvalue weighted by molar-refractivity contribution is 4.89. The smallest absolute Gasteiger partial charge is 0.0598 e. The Hall–Kier alpha value is -0.120. The van der Waals surface area contributed by atoms with Crippen molar-refractivity contribution in [2.75, 3.05) is 26.4 Å². The third-order valence-electron chi connectivity index (χ3n) is 3.91. The van der Waals surface area contributed by atoms with Crippen LogP contribution in [0.1, 0.15) is 52.9 Å². The topological polar surface area (TPSA) is 30.5 Å². The zero-order valence-corrected chi connectivity index (χ0v) is 12.3. The molecule has 1 aliphatic heterocycles. The van der Waals surface area contributed by atoms with E-state index in [1.807, 2.05) is 0 Å². The maximum absolute atomic E-state index is 5.90. The predicted molar refractivity (Wildman–Crippen MR) is 73.8 cm³/mol. The second-order valence-electron chi connectivity index (χ2n) is 7.02. The molecule has 0 radical (unpaired) electrons. The van der Waals surface area contributed by atoms with E-state index in [9.17, 15) is 0 Å². The van der Waals surface area contributed by atoms with Crippen molar-refractivity contribution >= 4 is 0 Å². The van der Waals surface area contributed by atoms with Crippen molar-refractivity contribution in [2.24, 2.45) is 5.41 Å². The molecule has 1 unspecified atom stereocenters. The second kappa shape index (κ2) is 5.89. The summed E-state index contributed by atoms with van der Waals surface area (Å²) < 4.78 is 11.6. The summed E-state index contributed by atoms with van der Waals surface area (Å²) in [5.41, 5.74) is 0.284. The maximum atomic E-state index is 5.90. The van der Waals surface area contributed by atoms with Gasteiger partial charge in [0.15, 0.2) is 0 Å². The van der Waals surface area contributed by atoms with Gasteiger partial charge in [-0.2, -0.15) is 0 Å². The van der Waals surface area contributed by atoms with Crippen molar-refractivity contribution in [3.8, 4) is 0 Å². The Kier molecular flexibility index (Phi) is 4.68. The molecule has 1 saturated carbocycles. The van der Waals surface area contributed by atoms with Crippen molar-refractivity contribution in [3.63, 3.8) is 0 Å². The molecule has 1 atom stereocenters. The maximum Gasteiger partial charge on any atom is 0.0598 e. The summed E-state index contributed by atoms with van der Waals surface area (Å²) in [6, 6.07) is 0.785. The first-order chi connectivity index (χ1) is 8.49. The van der Waals surface area contributed by atoms with E-state index in [1.54, 1.807) is 0 Å². The highest BCUT2D eigenvalue weighted by Crippen LogP contribution is 2.33. The van der Waals surface area contributed by atoms with Gasteiger partial charge in [-0.1, -0.05) is 0 Å². The third-order valence-corrected chi connectivity index (χ3v) is 3.91. The number of hydrogen-bond donors (Lipinski definition) is 1. The summed E-state index contributed by atoms with van der Waals surface area (Å²) in [5.74, 6) is 0. The Morgan fingerprint density at radius 1 is 1.33 bits per heavy atom. The van der Waals surface area contributed by atoms with Gasteiger partial charge < -0.3 is 14.8 Å². The van der Waals surface area contributed by atoms with E-state index in [-0.39, 0.29) is 5.60 Å². The summed E-state index contributed by atoms with van der Waals surface area (Å²) in [4.78, 5) is 0. The molecule has 2 fully saturated rings. The quantitative estimate of drug-likeness (QED) is 0.791. The molecule has 1 aliphatic carbocycles. The van der Waals surface area contributed by atoms with Gasteiger partial charge in [0.05, 0.1) is 12.2 Å². The van der Waals surface area contributed by atoms with Crippen LogP contribution in [0.2, 0.25) is 0 Å². The highest BCUT2D eigenvalue weighted by Gasteiger charge is 2.34. The van der Waals surface area contributed by atoms with E-state index >= 15 is 0 Å². The van der Waals surface area contributed by atoms with Crippen molar-refractivity contribution in [2.45, 2.75) is 64.5 Å². The minimum Gasteiger partial charge on any atom is -0.381 e. The van der Waals surface area contributed by atoms with Crippen LogP contribution in [0.15, 0.2) is 0 Å². The molecule has 0 spiro atoms. The summed E-state index contributed by atoms with van der Waals surface area (Å²) in [6.07, 6.45) is 6.30. The Morgan fingerprint density at radius 2 is 2.11 bits per heavy atom. The predicted octanol–water partition coefficient (Wildman–Crippen LogP) is 2.74. The Bertz CT molecular complexity index is 250. The van der Waals surface area contributed by atoms with E-state index in [1.165, 1.54) is 25.7 Å². The van der Waals surface area contributed by atoms with Crippen LogP contribution >= 0.6 is 0 Å². The fourth-order valence-electron chi connectivity index (χ4n) is 2.56. The van der Waals surface area contributed by atoms with Crippen LogP contribution in [0.4, 0.5) is 0 Å². The lowest BCUT2D eigenvalue weighted by Gasteiger charge is -2.38. The van der Waals surface area contributed by atoms with Gasteiger partial charge in [-0.25, -0.2) is 0 Å². The van der Waals surface area contributed by atoms with E-state index in [2.05, 4.69) is 26.1 Å². The standard InChI is InChI=1S/C15H29NO2/c1-14(2,3)18-10-8-15(7-4-9-17-12-15)11-16-13-5-6-13/h13,16H,4-12H2,1-3H3. The summed E-state index contributed by atoms with van der Waals surface area (Å²) in [5, 5.41) is 3.68. The van der Waals surface area contributed by atoms with Gasteiger partial charge in [-0.15, -0.1) is 0 Å². The molecule has 1 saturated heterocycles. The zero-order chi connectivity index (χ0) is 13.1. The number of ether oxygens (including phenoxy) is 2. The van der Waals surface area contributed by atoms with Crippen LogP contribution in [0.3, 0.4) is 0 Å². The van der Waals surface area contributed by atoms with Gasteiger partial charge in [0.1, 0.15) is 0 Å². The molecule has 0 bridgehead atoms. The molecule has 1 N–H and O–H groups in total. The molecule has 3 nitrogen and oxygen atoms in total. The zero-order valence-electron chi connectivity index (χ0n) is 12.3. The fraction of sp³-hybridized carbons (Fsp3) is 1.00. The lowest BCUT2D eigenvalue weighted by atomic mass is 9.79. The average Bonchev–Trinajstić information content (AvgIpc) is 3.10. The monoisotopic (exact) mass is 255 g/mol. The molecule has 0 amide bonds. The molecule has 3 heteroatoms. The van der Waals surface area contributed by atoms with Crippen LogP contribution in [0.25, 0.3) is 0 Å². The van der Waals surface area contributed by atoms with Crippen LogP contribution in [-0.2, 0) is 9.47 Å². The first-order valence-electron chi connectivity index (χ1n) is 7.44. The van der Waals surface area contributed by atoms with Gasteiger partial charge in [0, 0.05) is 31.2 Å². The molecule has 106 valence electrons. The second-order valence-corrected chi connectivity index (χ2v) is 7.02. The van der Waals surface area contributed by atoms with Crippen molar-refractivity contribution in [1.82, 2.24) is 5.32 Å². The lowest BCUT2D eigenvalue weighted by Crippen LogP contribution is -2.43. The van der Waals surface area contributed by atoms with Crippen LogP contribution < -0.4 is 5.32 Å². The van der Waals surface area contributed by atoms with Crippen molar-refractivity contribution < 1.29 is 9.47 Å². The molecule has 2 aliphatic rings. The van der Waals surface area contributed by atoms with Crippen LogP contribution in [-0.4, -0.2) is 38.0 Å². The Morgan fingerprint density at radius 3 is 2.67 bits per heavy atom. The molecule has 18 heavy (non-hydrogen) atoms. The molecule has 2 rings (SSSR count). The van der Waals surface area contributed by atoms with Gasteiger partial charge in [0.25, 0.3) is 0 Å². The molecular weight excluding hydrogens is 226 g/mol. The van der Waals surface area contributed by atoms with E-state index in [0.717, 1.165) is 38.8 Å². The minimum absolute atomic E-state index is 0.0271. The highest BCUT2D eigenvalue weighted by atomic mass is 16.5. The average molecular weight is 255 g/mol. The lowest BCUT2D eigenvalue weighted by molar-refractivity contribution is -0.0553. The normalized spacial score (nSPS) is 29.5. The summed E-state index contributed by atoms with van der Waals surface area (Å²) in [7, 11) is 0. The molecule has 0 aromatic rings. The molecular formula is C15H29NO2. The van der Waals surface area contributed by atoms with Gasteiger partial charge >= 0.3 is 0 Å².